The molecule has 0 aromatic heterocycles. The maximum Gasteiger partial charge on any atom is 0.168 e. The fourth-order valence-electron chi connectivity index (χ4n) is 2.74. The van der Waals surface area contributed by atoms with Crippen LogP contribution in [-0.2, 0) is 6.42 Å². The number of hydrogen-bond acceptors (Lipinski definition) is 3. The van der Waals surface area contributed by atoms with Gasteiger partial charge in [0.1, 0.15) is 0 Å². The van der Waals surface area contributed by atoms with Crippen LogP contribution in [0.1, 0.15) is 22.3 Å². The molecule has 0 aliphatic heterocycles. The first kappa shape index (κ1) is 12.7. The highest BCUT2D eigenvalue weighted by Gasteiger charge is 2.20. The topological polar surface area (TPSA) is 35.5 Å². The number of hydrogen-bond donors (Lipinski definition) is 0. The van der Waals surface area contributed by atoms with E-state index in [1.165, 1.54) is 0 Å². The summed E-state index contributed by atoms with van der Waals surface area (Å²) in [6.07, 6.45) is 1.45. The smallest absolute Gasteiger partial charge is 0.168 e. The summed E-state index contributed by atoms with van der Waals surface area (Å²) < 4.78 is 10.8. The van der Waals surface area contributed by atoms with Gasteiger partial charge in [0.05, 0.1) is 14.2 Å². The number of methoxy groups -OCH3 is 2. The summed E-state index contributed by atoms with van der Waals surface area (Å²) in [5.74, 6) is 1.67. The van der Waals surface area contributed by atoms with Gasteiger partial charge in [0, 0.05) is 17.5 Å². The average molecular weight is 268 g/mol. The van der Waals surface area contributed by atoms with Crippen molar-refractivity contribution in [1.82, 2.24) is 0 Å². The van der Waals surface area contributed by atoms with Gasteiger partial charge in [-0.25, -0.2) is 0 Å². The molecular weight excluding hydrogens is 252 g/mol. The number of rotatable bonds is 3. The molecule has 2 aromatic rings. The SMILES string of the molecule is COc1cccc(-c2ccc3c(c2)CCC3=O)c1OC. The minimum atomic E-state index is 0.240. The third-order valence-corrected chi connectivity index (χ3v) is 3.74. The minimum absolute atomic E-state index is 0.240. The van der Waals surface area contributed by atoms with Gasteiger partial charge in [0.15, 0.2) is 17.3 Å². The molecule has 1 aliphatic rings. The zero-order valence-electron chi connectivity index (χ0n) is 11.6. The van der Waals surface area contributed by atoms with Crippen molar-refractivity contribution < 1.29 is 14.3 Å². The number of ketones is 1. The quantitative estimate of drug-likeness (QED) is 0.854. The lowest BCUT2D eigenvalue weighted by Crippen LogP contribution is -1.94. The number of fused-ring (bicyclic) bond motifs is 1. The first-order chi connectivity index (χ1) is 9.74. The molecule has 3 heteroatoms. The summed E-state index contributed by atoms with van der Waals surface area (Å²) in [6.45, 7) is 0. The van der Waals surface area contributed by atoms with Crippen molar-refractivity contribution >= 4 is 5.78 Å². The molecule has 3 rings (SSSR count). The first-order valence-electron chi connectivity index (χ1n) is 6.62. The van der Waals surface area contributed by atoms with E-state index in [4.69, 9.17) is 9.47 Å². The van der Waals surface area contributed by atoms with Crippen LogP contribution in [0.2, 0.25) is 0 Å². The standard InChI is InChI=1S/C17H16O3/c1-19-16-5-3-4-14(17(16)20-2)12-6-8-13-11(10-12)7-9-15(13)18/h3-6,8,10H,7,9H2,1-2H3. The van der Waals surface area contributed by atoms with Crippen LogP contribution in [0.5, 0.6) is 11.5 Å². The predicted molar refractivity (Wildman–Crippen MR) is 77.6 cm³/mol. The van der Waals surface area contributed by atoms with Gasteiger partial charge < -0.3 is 9.47 Å². The molecule has 20 heavy (non-hydrogen) atoms. The predicted octanol–water partition coefficient (Wildman–Crippen LogP) is 3.50. The maximum atomic E-state index is 11.7. The highest BCUT2D eigenvalue weighted by molar-refractivity contribution is 6.01. The Morgan fingerprint density at radius 2 is 1.80 bits per heavy atom. The normalized spacial score (nSPS) is 13.2. The van der Waals surface area contributed by atoms with Crippen LogP contribution in [0.15, 0.2) is 36.4 Å². The molecule has 0 bridgehead atoms. The summed E-state index contributed by atoms with van der Waals surface area (Å²) in [7, 11) is 3.27. The fraction of sp³-hybridized carbons (Fsp3) is 0.235. The van der Waals surface area contributed by atoms with Crippen molar-refractivity contribution in [2.45, 2.75) is 12.8 Å². The van der Waals surface area contributed by atoms with E-state index in [9.17, 15) is 4.79 Å². The summed E-state index contributed by atoms with van der Waals surface area (Å²) in [6, 6.07) is 11.8. The van der Waals surface area contributed by atoms with Crippen molar-refractivity contribution in [1.29, 1.82) is 0 Å². The van der Waals surface area contributed by atoms with E-state index >= 15 is 0 Å². The summed E-state index contributed by atoms with van der Waals surface area (Å²) in [5, 5.41) is 0. The van der Waals surface area contributed by atoms with Crippen molar-refractivity contribution in [3.05, 3.63) is 47.5 Å². The van der Waals surface area contributed by atoms with Gasteiger partial charge in [0.25, 0.3) is 0 Å². The summed E-state index contributed by atoms with van der Waals surface area (Å²) >= 11 is 0. The van der Waals surface area contributed by atoms with E-state index < -0.39 is 0 Å². The molecule has 0 saturated heterocycles. The van der Waals surface area contributed by atoms with Crippen LogP contribution in [0.3, 0.4) is 0 Å². The second-order valence-electron chi connectivity index (χ2n) is 4.84. The Labute approximate surface area is 118 Å². The van der Waals surface area contributed by atoms with Gasteiger partial charge in [-0.05, 0) is 23.6 Å². The van der Waals surface area contributed by atoms with E-state index in [-0.39, 0.29) is 5.78 Å². The number of benzene rings is 2. The summed E-state index contributed by atoms with van der Waals surface area (Å²) in [4.78, 5) is 11.7. The van der Waals surface area contributed by atoms with Gasteiger partial charge in [-0.3, -0.25) is 4.79 Å². The largest absolute Gasteiger partial charge is 0.493 e. The lowest BCUT2D eigenvalue weighted by atomic mass is 9.99. The van der Waals surface area contributed by atoms with Crippen LogP contribution in [0, 0.1) is 0 Å². The number of ether oxygens (including phenoxy) is 2. The second-order valence-corrected chi connectivity index (χ2v) is 4.84. The third kappa shape index (κ3) is 1.95. The van der Waals surface area contributed by atoms with Crippen molar-refractivity contribution in [2.24, 2.45) is 0 Å². The van der Waals surface area contributed by atoms with Crippen molar-refractivity contribution in [2.75, 3.05) is 14.2 Å². The fourth-order valence-corrected chi connectivity index (χ4v) is 2.74. The van der Waals surface area contributed by atoms with E-state index in [1.807, 2.05) is 30.3 Å². The monoisotopic (exact) mass is 268 g/mol. The number of Topliss-reactive ketones (excluding diaryl/α,β-unsaturated/α-hetero) is 1. The Morgan fingerprint density at radius 1 is 0.950 bits per heavy atom. The zero-order chi connectivity index (χ0) is 14.1. The number of para-hydroxylation sites is 1. The lowest BCUT2D eigenvalue weighted by molar-refractivity contribution is 0.0994. The maximum absolute atomic E-state index is 11.7. The molecular formula is C17H16O3. The van der Waals surface area contributed by atoms with Gasteiger partial charge in [0.2, 0.25) is 0 Å². The highest BCUT2D eigenvalue weighted by atomic mass is 16.5. The van der Waals surface area contributed by atoms with E-state index in [0.29, 0.717) is 12.2 Å². The molecule has 0 fully saturated rings. The van der Waals surface area contributed by atoms with Gasteiger partial charge >= 0.3 is 0 Å². The van der Waals surface area contributed by atoms with Crippen molar-refractivity contribution in [3.63, 3.8) is 0 Å². The molecule has 0 N–H and O–H groups in total. The van der Waals surface area contributed by atoms with E-state index in [2.05, 4.69) is 6.07 Å². The zero-order valence-corrected chi connectivity index (χ0v) is 11.6. The van der Waals surface area contributed by atoms with Gasteiger partial charge in [-0.15, -0.1) is 0 Å². The number of aryl methyl sites for hydroxylation is 1. The molecule has 2 aromatic carbocycles. The Morgan fingerprint density at radius 3 is 2.55 bits per heavy atom. The molecule has 0 spiro atoms. The molecule has 0 saturated carbocycles. The Kier molecular flexibility index (Phi) is 3.18. The van der Waals surface area contributed by atoms with Crippen LogP contribution in [-0.4, -0.2) is 20.0 Å². The number of carbonyl (C=O) groups is 1. The lowest BCUT2D eigenvalue weighted by Gasteiger charge is -2.13. The van der Waals surface area contributed by atoms with Gasteiger partial charge in [-0.1, -0.05) is 30.3 Å². The molecule has 0 amide bonds. The van der Waals surface area contributed by atoms with E-state index in [0.717, 1.165) is 34.4 Å². The minimum Gasteiger partial charge on any atom is -0.493 e. The average Bonchev–Trinajstić information content (AvgIpc) is 2.87. The first-order valence-corrected chi connectivity index (χ1v) is 6.62. The Balaban J connectivity index is 2.12. The number of carbonyl (C=O) groups excluding carboxylic acids is 1. The van der Waals surface area contributed by atoms with Crippen LogP contribution < -0.4 is 9.47 Å². The van der Waals surface area contributed by atoms with Crippen LogP contribution >= 0.6 is 0 Å². The van der Waals surface area contributed by atoms with Crippen LogP contribution in [0.25, 0.3) is 11.1 Å². The Bertz CT molecular complexity index is 674. The van der Waals surface area contributed by atoms with Crippen molar-refractivity contribution in [3.8, 4) is 22.6 Å². The molecule has 0 atom stereocenters. The molecule has 1 aliphatic carbocycles. The van der Waals surface area contributed by atoms with Gasteiger partial charge in [-0.2, -0.15) is 0 Å². The van der Waals surface area contributed by atoms with Crippen LogP contribution in [0.4, 0.5) is 0 Å². The summed E-state index contributed by atoms with van der Waals surface area (Å²) in [5.41, 5.74) is 4.01. The molecule has 102 valence electrons. The molecule has 0 unspecified atom stereocenters. The Hall–Kier alpha value is -2.29. The highest BCUT2D eigenvalue weighted by Crippen LogP contribution is 2.39. The van der Waals surface area contributed by atoms with E-state index in [1.54, 1.807) is 14.2 Å². The molecule has 0 heterocycles. The molecule has 3 nitrogen and oxygen atoms in total. The second kappa shape index (κ2) is 5.00. The molecule has 0 radical (unpaired) electrons. The third-order valence-electron chi connectivity index (χ3n) is 3.74.